The van der Waals surface area contributed by atoms with Crippen LogP contribution >= 0.6 is 0 Å². The van der Waals surface area contributed by atoms with E-state index >= 15 is 0 Å². The Bertz CT molecular complexity index is 581. The number of fused-ring (bicyclic) bond motifs is 2. The SMILES string of the molecule is Cc1cc(C)c(C)c(O[C@@H](C)C(=O)N[C@@H]2C[C@H]3CC[C@H]2C3)c1. The Kier molecular flexibility index (Phi) is 4.16. The number of ether oxygens (including phenoxy) is 1. The third-order valence-electron chi connectivity index (χ3n) is 5.50. The number of rotatable bonds is 4. The van der Waals surface area contributed by atoms with E-state index in [-0.39, 0.29) is 5.91 Å². The monoisotopic (exact) mass is 301 g/mol. The molecule has 0 aromatic heterocycles. The van der Waals surface area contributed by atoms with Crippen LogP contribution in [0.1, 0.15) is 49.3 Å². The van der Waals surface area contributed by atoms with Crippen molar-refractivity contribution in [3.8, 4) is 5.75 Å². The minimum atomic E-state index is -0.445. The van der Waals surface area contributed by atoms with E-state index in [1.54, 1.807) is 0 Å². The molecule has 3 rings (SSSR count). The Labute approximate surface area is 133 Å². The van der Waals surface area contributed by atoms with E-state index in [1.807, 2.05) is 19.9 Å². The minimum absolute atomic E-state index is 0.0242. The molecule has 0 aliphatic heterocycles. The maximum Gasteiger partial charge on any atom is 0.261 e. The average Bonchev–Trinajstić information content (AvgIpc) is 3.06. The van der Waals surface area contributed by atoms with Gasteiger partial charge in [-0.15, -0.1) is 0 Å². The predicted molar refractivity (Wildman–Crippen MR) is 88.1 cm³/mol. The first-order valence-corrected chi connectivity index (χ1v) is 8.49. The van der Waals surface area contributed by atoms with Gasteiger partial charge in [-0.1, -0.05) is 12.5 Å². The Morgan fingerprint density at radius 3 is 2.64 bits per heavy atom. The Morgan fingerprint density at radius 1 is 1.23 bits per heavy atom. The molecule has 120 valence electrons. The summed E-state index contributed by atoms with van der Waals surface area (Å²) in [4.78, 5) is 12.4. The molecule has 2 saturated carbocycles. The molecule has 2 aliphatic carbocycles. The summed E-state index contributed by atoms with van der Waals surface area (Å²) in [5.74, 6) is 2.39. The van der Waals surface area contributed by atoms with Crippen molar-refractivity contribution < 1.29 is 9.53 Å². The molecule has 0 radical (unpaired) electrons. The Morgan fingerprint density at radius 2 is 2.00 bits per heavy atom. The van der Waals surface area contributed by atoms with Crippen molar-refractivity contribution in [2.45, 2.75) is 65.5 Å². The van der Waals surface area contributed by atoms with Gasteiger partial charge >= 0.3 is 0 Å². The van der Waals surface area contributed by atoms with Crippen LogP contribution in [0.5, 0.6) is 5.75 Å². The second-order valence-corrected chi connectivity index (χ2v) is 7.25. The summed E-state index contributed by atoms with van der Waals surface area (Å²) >= 11 is 0. The molecular formula is C19H27NO2. The second-order valence-electron chi connectivity index (χ2n) is 7.25. The third-order valence-corrected chi connectivity index (χ3v) is 5.50. The fourth-order valence-electron chi connectivity index (χ4n) is 4.09. The molecule has 1 aromatic rings. The predicted octanol–water partition coefficient (Wildman–Crippen LogP) is 3.68. The van der Waals surface area contributed by atoms with Gasteiger partial charge < -0.3 is 10.1 Å². The summed E-state index contributed by atoms with van der Waals surface area (Å²) in [5.41, 5.74) is 3.49. The van der Waals surface area contributed by atoms with Crippen molar-refractivity contribution in [3.05, 3.63) is 28.8 Å². The summed E-state index contributed by atoms with van der Waals surface area (Å²) < 4.78 is 5.95. The van der Waals surface area contributed by atoms with Gasteiger partial charge in [-0.3, -0.25) is 4.79 Å². The maximum absolute atomic E-state index is 12.4. The zero-order valence-electron chi connectivity index (χ0n) is 14.1. The molecule has 4 atom stereocenters. The molecule has 2 fully saturated rings. The van der Waals surface area contributed by atoms with Crippen molar-refractivity contribution in [1.82, 2.24) is 5.32 Å². The van der Waals surface area contributed by atoms with Gasteiger partial charge in [-0.25, -0.2) is 0 Å². The third kappa shape index (κ3) is 2.99. The van der Waals surface area contributed by atoms with Crippen LogP contribution in [-0.4, -0.2) is 18.1 Å². The van der Waals surface area contributed by atoms with E-state index in [0.29, 0.717) is 12.0 Å². The molecule has 1 aromatic carbocycles. The highest BCUT2D eigenvalue weighted by molar-refractivity contribution is 5.81. The highest BCUT2D eigenvalue weighted by Gasteiger charge is 2.40. The standard InChI is InChI=1S/C19H27NO2/c1-11-7-12(2)13(3)18(8-11)22-14(4)19(21)20-17-10-15-5-6-16(17)9-15/h7-8,14-17H,5-6,9-10H2,1-4H3,(H,20,21)/t14-,15-,16-,17+/m0/s1. The van der Waals surface area contributed by atoms with Gasteiger partial charge in [0.05, 0.1) is 0 Å². The van der Waals surface area contributed by atoms with Gasteiger partial charge in [0.1, 0.15) is 5.75 Å². The fourth-order valence-corrected chi connectivity index (χ4v) is 4.09. The van der Waals surface area contributed by atoms with Crippen LogP contribution in [0.15, 0.2) is 12.1 Å². The Balaban J connectivity index is 1.62. The molecular weight excluding hydrogens is 274 g/mol. The van der Waals surface area contributed by atoms with E-state index in [2.05, 4.69) is 25.2 Å². The van der Waals surface area contributed by atoms with E-state index in [1.165, 1.54) is 30.4 Å². The summed E-state index contributed by atoms with van der Waals surface area (Å²) in [5, 5.41) is 3.22. The summed E-state index contributed by atoms with van der Waals surface area (Å²) in [6.07, 6.45) is 4.65. The fraction of sp³-hybridized carbons (Fsp3) is 0.632. The topological polar surface area (TPSA) is 38.3 Å². The molecule has 2 aliphatic rings. The molecule has 1 N–H and O–H groups in total. The van der Waals surface area contributed by atoms with Crippen molar-refractivity contribution in [2.75, 3.05) is 0 Å². The average molecular weight is 301 g/mol. The van der Waals surface area contributed by atoms with E-state index in [9.17, 15) is 4.79 Å². The molecule has 0 spiro atoms. The molecule has 0 heterocycles. The highest BCUT2D eigenvalue weighted by Crippen LogP contribution is 2.44. The quantitative estimate of drug-likeness (QED) is 0.921. The van der Waals surface area contributed by atoms with Crippen molar-refractivity contribution in [3.63, 3.8) is 0 Å². The molecule has 1 amide bonds. The van der Waals surface area contributed by atoms with Crippen LogP contribution < -0.4 is 10.1 Å². The first-order chi connectivity index (χ1) is 10.4. The lowest BCUT2D eigenvalue weighted by Crippen LogP contribution is -2.44. The van der Waals surface area contributed by atoms with Gasteiger partial charge in [0.15, 0.2) is 6.10 Å². The van der Waals surface area contributed by atoms with Gasteiger partial charge in [-0.2, -0.15) is 0 Å². The number of hydrogen-bond donors (Lipinski definition) is 1. The molecule has 3 nitrogen and oxygen atoms in total. The minimum Gasteiger partial charge on any atom is -0.481 e. The van der Waals surface area contributed by atoms with Crippen molar-refractivity contribution >= 4 is 5.91 Å². The highest BCUT2D eigenvalue weighted by atomic mass is 16.5. The van der Waals surface area contributed by atoms with Crippen LogP contribution in [0.2, 0.25) is 0 Å². The lowest BCUT2D eigenvalue weighted by molar-refractivity contribution is -0.128. The van der Waals surface area contributed by atoms with E-state index < -0.39 is 6.10 Å². The normalized spacial score (nSPS) is 27.7. The number of aryl methyl sites for hydroxylation is 2. The lowest BCUT2D eigenvalue weighted by atomic mass is 9.95. The lowest BCUT2D eigenvalue weighted by Gasteiger charge is -2.25. The van der Waals surface area contributed by atoms with E-state index in [4.69, 9.17) is 4.74 Å². The van der Waals surface area contributed by atoms with Crippen LogP contribution in [0.4, 0.5) is 0 Å². The molecule has 3 heteroatoms. The van der Waals surface area contributed by atoms with Crippen molar-refractivity contribution in [1.29, 1.82) is 0 Å². The summed E-state index contributed by atoms with van der Waals surface area (Å²) in [7, 11) is 0. The van der Waals surface area contributed by atoms with Crippen molar-refractivity contribution in [2.24, 2.45) is 11.8 Å². The van der Waals surface area contributed by atoms with Crippen LogP contribution in [-0.2, 0) is 4.79 Å². The Hall–Kier alpha value is -1.51. The van der Waals surface area contributed by atoms with Gasteiger partial charge in [-0.05, 0) is 81.5 Å². The first kappa shape index (κ1) is 15.4. The number of carbonyl (C=O) groups is 1. The number of hydrogen-bond acceptors (Lipinski definition) is 2. The zero-order valence-corrected chi connectivity index (χ0v) is 14.1. The summed E-state index contributed by atoms with van der Waals surface area (Å²) in [6, 6.07) is 4.53. The number of benzene rings is 1. The zero-order chi connectivity index (χ0) is 15.9. The van der Waals surface area contributed by atoms with Gasteiger partial charge in [0.2, 0.25) is 0 Å². The largest absolute Gasteiger partial charge is 0.481 e. The van der Waals surface area contributed by atoms with Crippen LogP contribution in [0, 0.1) is 32.6 Å². The van der Waals surface area contributed by atoms with Gasteiger partial charge in [0.25, 0.3) is 5.91 Å². The van der Waals surface area contributed by atoms with Crippen LogP contribution in [0.3, 0.4) is 0 Å². The van der Waals surface area contributed by atoms with Crippen LogP contribution in [0.25, 0.3) is 0 Å². The maximum atomic E-state index is 12.4. The number of amides is 1. The molecule has 22 heavy (non-hydrogen) atoms. The number of nitrogens with one attached hydrogen (secondary N) is 1. The van der Waals surface area contributed by atoms with Gasteiger partial charge in [0, 0.05) is 6.04 Å². The smallest absolute Gasteiger partial charge is 0.261 e. The summed E-state index contributed by atoms with van der Waals surface area (Å²) in [6.45, 7) is 8.03. The molecule has 0 saturated heterocycles. The number of carbonyl (C=O) groups excluding carboxylic acids is 1. The molecule has 2 bridgehead atoms. The first-order valence-electron chi connectivity index (χ1n) is 8.49. The second kappa shape index (κ2) is 5.94. The molecule has 0 unspecified atom stereocenters. The van der Waals surface area contributed by atoms with E-state index in [0.717, 1.165) is 23.7 Å².